The number of hydrogen-bond acceptors (Lipinski definition) is 3. The van der Waals surface area contributed by atoms with Gasteiger partial charge in [-0.1, -0.05) is 54.2 Å². The number of sulfone groups is 1. The van der Waals surface area contributed by atoms with Gasteiger partial charge in [0, 0.05) is 16.9 Å². The molecule has 1 aliphatic carbocycles. The van der Waals surface area contributed by atoms with Gasteiger partial charge in [-0.15, -0.1) is 0 Å². The fourth-order valence-electron chi connectivity index (χ4n) is 2.86. The van der Waals surface area contributed by atoms with E-state index < -0.39 is 15.1 Å². The molecular weight excluding hydrogens is 338 g/mol. The standard InChI is InChI=1S/C16H14ClNO2S2/c17-11-8-6-10(7-9-11)13-14(16(18)21)15(13)22(19,20)12-4-2-1-3-5-12/h1-9,13-15H,(H2,18,21)/t13-,14-,15-/m1/s1. The molecule has 114 valence electrons. The molecule has 22 heavy (non-hydrogen) atoms. The molecule has 1 aliphatic rings. The van der Waals surface area contributed by atoms with Crippen LogP contribution in [-0.2, 0) is 9.84 Å². The van der Waals surface area contributed by atoms with Crippen molar-refractivity contribution in [1.82, 2.24) is 0 Å². The van der Waals surface area contributed by atoms with E-state index in [2.05, 4.69) is 0 Å². The van der Waals surface area contributed by atoms with Crippen LogP contribution in [0.5, 0.6) is 0 Å². The highest BCUT2D eigenvalue weighted by molar-refractivity contribution is 7.92. The number of rotatable bonds is 4. The molecule has 2 N–H and O–H groups in total. The minimum atomic E-state index is -3.47. The van der Waals surface area contributed by atoms with Crippen LogP contribution in [0.2, 0.25) is 5.02 Å². The molecule has 0 aromatic heterocycles. The highest BCUT2D eigenvalue weighted by atomic mass is 35.5. The molecule has 0 amide bonds. The Kier molecular flexibility index (Phi) is 3.97. The minimum Gasteiger partial charge on any atom is -0.393 e. The second-order valence-electron chi connectivity index (χ2n) is 5.33. The molecule has 0 heterocycles. The third-order valence-corrected chi connectivity index (χ3v) is 6.72. The van der Waals surface area contributed by atoms with Crippen molar-refractivity contribution in [3.63, 3.8) is 0 Å². The van der Waals surface area contributed by atoms with E-state index in [1.54, 1.807) is 42.5 Å². The molecule has 1 fully saturated rings. The van der Waals surface area contributed by atoms with Gasteiger partial charge in [0.1, 0.15) is 0 Å². The Morgan fingerprint density at radius 1 is 1.05 bits per heavy atom. The summed E-state index contributed by atoms with van der Waals surface area (Å²) >= 11 is 11.0. The summed E-state index contributed by atoms with van der Waals surface area (Å²) in [5.41, 5.74) is 6.66. The number of thiocarbonyl (C=S) groups is 1. The molecule has 0 bridgehead atoms. The number of nitrogens with two attached hydrogens (primary N) is 1. The van der Waals surface area contributed by atoms with Crippen molar-refractivity contribution >= 4 is 38.6 Å². The van der Waals surface area contributed by atoms with E-state index in [4.69, 9.17) is 29.6 Å². The summed E-state index contributed by atoms with van der Waals surface area (Å²) in [4.78, 5) is 0.544. The molecule has 2 aromatic carbocycles. The van der Waals surface area contributed by atoms with Crippen LogP contribution < -0.4 is 5.73 Å². The summed E-state index contributed by atoms with van der Waals surface area (Å²) in [7, 11) is -3.47. The Labute approximate surface area is 140 Å². The minimum absolute atomic E-state index is 0.208. The van der Waals surface area contributed by atoms with Gasteiger partial charge in [0.2, 0.25) is 0 Å². The first-order valence-corrected chi connectivity index (χ1v) is 9.10. The lowest BCUT2D eigenvalue weighted by atomic mass is 10.1. The summed E-state index contributed by atoms with van der Waals surface area (Å²) in [5, 5.41) is 0.00678. The van der Waals surface area contributed by atoms with Crippen LogP contribution in [-0.4, -0.2) is 18.7 Å². The molecule has 3 nitrogen and oxygen atoms in total. The molecule has 3 atom stereocenters. The Hall–Kier alpha value is -1.43. The Morgan fingerprint density at radius 3 is 2.18 bits per heavy atom. The van der Waals surface area contributed by atoms with Gasteiger partial charge in [0.15, 0.2) is 9.84 Å². The van der Waals surface area contributed by atoms with Gasteiger partial charge in [-0.2, -0.15) is 0 Å². The molecule has 0 spiro atoms. The summed E-state index contributed by atoms with van der Waals surface area (Å²) in [6.07, 6.45) is 0. The van der Waals surface area contributed by atoms with Gasteiger partial charge < -0.3 is 5.73 Å². The second-order valence-corrected chi connectivity index (χ2v) is 8.34. The van der Waals surface area contributed by atoms with Gasteiger partial charge in [-0.05, 0) is 29.8 Å². The number of hydrogen-bond donors (Lipinski definition) is 1. The fraction of sp³-hybridized carbons (Fsp3) is 0.188. The summed E-state index contributed by atoms with van der Waals surface area (Å²) in [6.45, 7) is 0. The molecule has 0 aliphatic heterocycles. The van der Waals surface area contributed by atoms with Crippen LogP contribution >= 0.6 is 23.8 Å². The number of benzene rings is 2. The van der Waals surface area contributed by atoms with E-state index in [1.807, 2.05) is 12.1 Å². The van der Waals surface area contributed by atoms with Crippen LogP contribution in [0.4, 0.5) is 0 Å². The van der Waals surface area contributed by atoms with Crippen LogP contribution in [0.15, 0.2) is 59.5 Å². The Morgan fingerprint density at radius 2 is 1.64 bits per heavy atom. The van der Waals surface area contributed by atoms with Crippen molar-refractivity contribution in [2.45, 2.75) is 16.1 Å². The monoisotopic (exact) mass is 351 g/mol. The maximum absolute atomic E-state index is 12.8. The van der Waals surface area contributed by atoms with E-state index >= 15 is 0 Å². The lowest BCUT2D eigenvalue weighted by Crippen LogP contribution is -2.17. The van der Waals surface area contributed by atoms with Crippen molar-refractivity contribution in [3.8, 4) is 0 Å². The van der Waals surface area contributed by atoms with Crippen LogP contribution in [0.3, 0.4) is 0 Å². The normalized spacial score (nSPS) is 24.0. The van der Waals surface area contributed by atoms with Crippen LogP contribution in [0.1, 0.15) is 11.5 Å². The summed E-state index contributed by atoms with van der Waals surface area (Å²) < 4.78 is 25.6. The van der Waals surface area contributed by atoms with Crippen molar-refractivity contribution in [3.05, 3.63) is 65.2 Å². The Balaban J connectivity index is 1.99. The lowest BCUT2D eigenvalue weighted by molar-refractivity contribution is 0.593. The summed E-state index contributed by atoms with van der Waals surface area (Å²) in [6, 6.07) is 15.6. The molecule has 3 rings (SSSR count). The quantitative estimate of drug-likeness (QED) is 0.859. The second kappa shape index (κ2) is 5.65. The van der Waals surface area contributed by atoms with Crippen molar-refractivity contribution < 1.29 is 8.42 Å². The zero-order valence-electron chi connectivity index (χ0n) is 11.5. The van der Waals surface area contributed by atoms with Gasteiger partial charge in [-0.25, -0.2) is 8.42 Å². The van der Waals surface area contributed by atoms with Crippen molar-refractivity contribution in [1.29, 1.82) is 0 Å². The van der Waals surface area contributed by atoms with E-state index in [9.17, 15) is 8.42 Å². The van der Waals surface area contributed by atoms with Crippen LogP contribution in [0.25, 0.3) is 0 Å². The first kappa shape index (κ1) is 15.5. The fourth-order valence-corrected chi connectivity index (χ4v) is 5.54. The zero-order chi connectivity index (χ0) is 15.9. The maximum Gasteiger partial charge on any atom is 0.182 e. The highest BCUT2D eigenvalue weighted by Crippen LogP contribution is 2.54. The number of halogens is 1. The van der Waals surface area contributed by atoms with Crippen LogP contribution in [0, 0.1) is 5.92 Å². The smallest absolute Gasteiger partial charge is 0.182 e. The molecule has 0 unspecified atom stereocenters. The average molecular weight is 352 g/mol. The predicted octanol–water partition coefficient (Wildman–Crippen LogP) is 3.18. The van der Waals surface area contributed by atoms with E-state index in [0.29, 0.717) is 9.92 Å². The predicted molar refractivity (Wildman–Crippen MR) is 91.9 cm³/mol. The zero-order valence-corrected chi connectivity index (χ0v) is 13.9. The van der Waals surface area contributed by atoms with E-state index in [-0.39, 0.29) is 16.8 Å². The first-order valence-electron chi connectivity index (χ1n) is 6.76. The third-order valence-electron chi connectivity index (χ3n) is 3.97. The highest BCUT2D eigenvalue weighted by Gasteiger charge is 2.60. The Bertz CT molecular complexity index is 804. The van der Waals surface area contributed by atoms with E-state index in [0.717, 1.165) is 5.56 Å². The molecule has 1 saturated carbocycles. The van der Waals surface area contributed by atoms with Gasteiger partial charge in [0.05, 0.1) is 15.1 Å². The van der Waals surface area contributed by atoms with Gasteiger partial charge in [-0.3, -0.25) is 0 Å². The molecule has 0 radical (unpaired) electrons. The van der Waals surface area contributed by atoms with Gasteiger partial charge >= 0.3 is 0 Å². The molecule has 2 aromatic rings. The third kappa shape index (κ3) is 2.64. The molecule has 6 heteroatoms. The van der Waals surface area contributed by atoms with Crippen molar-refractivity contribution in [2.24, 2.45) is 11.7 Å². The summed E-state index contributed by atoms with van der Waals surface area (Å²) in [5.74, 6) is -0.540. The molecule has 0 saturated heterocycles. The maximum atomic E-state index is 12.8. The SMILES string of the molecule is NC(=S)[C@@H]1[C@@H](c2ccc(Cl)cc2)[C@H]1S(=O)(=O)c1ccccc1. The molecular formula is C16H14ClNO2S2. The average Bonchev–Trinajstić information content (AvgIpc) is 3.25. The largest absolute Gasteiger partial charge is 0.393 e. The van der Waals surface area contributed by atoms with Crippen molar-refractivity contribution in [2.75, 3.05) is 0 Å². The topological polar surface area (TPSA) is 60.2 Å². The lowest BCUT2D eigenvalue weighted by Gasteiger charge is -2.04. The van der Waals surface area contributed by atoms with Gasteiger partial charge in [0.25, 0.3) is 0 Å². The van der Waals surface area contributed by atoms with E-state index in [1.165, 1.54) is 0 Å². The first-order chi connectivity index (χ1) is 10.4.